The van der Waals surface area contributed by atoms with Crippen LogP contribution >= 0.6 is 11.8 Å². The van der Waals surface area contributed by atoms with Gasteiger partial charge in [-0.1, -0.05) is 54.6 Å². The summed E-state index contributed by atoms with van der Waals surface area (Å²) in [4.78, 5) is 1.30. The highest BCUT2D eigenvalue weighted by atomic mass is 32.2. The van der Waals surface area contributed by atoms with Crippen LogP contribution in [0.2, 0.25) is 0 Å². The van der Waals surface area contributed by atoms with Crippen LogP contribution in [-0.4, -0.2) is 0 Å². The molecule has 28 heavy (non-hydrogen) atoms. The van der Waals surface area contributed by atoms with Crippen LogP contribution in [0.5, 0.6) is 0 Å². The summed E-state index contributed by atoms with van der Waals surface area (Å²) in [6.07, 6.45) is 5.71. The van der Waals surface area contributed by atoms with Gasteiger partial charge in [0.2, 0.25) is 0 Å². The van der Waals surface area contributed by atoms with E-state index in [1.165, 1.54) is 21.7 Å². The van der Waals surface area contributed by atoms with E-state index in [0.29, 0.717) is 11.8 Å². The third-order valence-electron chi connectivity index (χ3n) is 5.81. The third-order valence-corrected chi connectivity index (χ3v) is 6.89. The first-order chi connectivity index (χ1) is 13.8. The molecule has 0 bridgehead atoms. The van der Waals surface area contributed by atoms with Crippen LogP contribution in [0.1, 0.15) is 35.1 Å². The highest BCUT2D eigenvalue weighted by Gasteiger charge is 2.37. The van der Waals surface area contributed by atoms with Crippen molar-refractivity contribution in [2.75, 3.05) is 5.32 Å². The zero-order chi connectivity index (χ0) is 18.9. The lowest BCUT2D eigenvalue weighted by Gasteiger charge is -2.37. The van der Waals surface area contributed by atoms with E-state index in [1.807, 2.05) is 23.9 Å². The number of allylic oxidation sites excluding steroid dienone is 2. The summed E-state index contributed by atoms with van der Waals surface area (Å²) in [5.41, 5.74) is 5.11. The maximum atomic E-state index is 13.4. The molecule has 0 spiro atoms. The Kier molecular flexibility index (Phi) is 4.69. The topological polar surface area (TPSA) is 12.0 Å². The van der Waals surface area contributed by atoms with Gasteiger partial charge in [-0.15, -0.1) is 11.8 Å². The molecule has 3 aromatic rings. The van der Waals surface area contributed by atoms with E-state index >= 15 is 0 Å². The second-order valence-electron chi connectivity index (χ2n) is 7.55. The van der Waals surface area contributed by atoms with Crippen molar-refractivity contribution in [2.45, 2.75) is 29.0 Å². The summed E-state index contributed by atoms with van der Waals surface area (Å²) in [6, 6.07) is 24.5. The summed E-state index contributed by atoms with van der Waals surface area (Å²) in [6.45, 7) is 0. The summed E-state index contributed by atoms with van der Waals surface area (Å²) in [5.74, 6) is 1.70. The molecule has 0 amide bonds. The van der Waals surface area contributed by atoms with E-state index in [-0.39, 0.29) is 11.9 Å². The molecule has 2 aliphatic rings. The Balaban J connectivity index is 1.41. The monoisotopic (exact) mass is 387 g/mol. The largest absolute Gasteiger partial charge is 0.378 e. The van der Waals surface area contributed by atoms with Gasteiger partial charge in [0.25, 0.3) is 0 Å². The molecule has 0 unspecified atom stereocenters. The minimum atomic E-state index is -0.179. The van der Waals surface area contributed by atoms with E-state index in [9.17, 15) is 4.39 Å². The van der Waals surface area contributed by atoms with Gasteiger partial charge in [0.15, 0.2) is 0 Å². The van der Waals surface area contributed by atoms with Crippen LogP contribution < -0.4 is 5.32 Å². The maximum absolute atomic E-state index is 13.4. The molecule has 1 aliphatic heterocycles. The van der Waals surface area contributed by atoms with Crippen LogP contribution in [0, 0.1) is 11.7 Å². The van der Waals surface area contributed by atoms with E-state index < -0.39 is 0 Å². The molecule has 0 radical (unpaired) electrons. The molecular formula is C25H22FNS. The first kappa shape index (κ1) is 17.6. The fraction of sp³-hybridized carbons (Fsp3) is 0.200. The number of fused-ring (bicyclic) bond motifs is 3. The second-order valence-corrected chi connectivity index (χ2v) is 8.60. The second kappa shape index (κ2) is 7.48. The minimum Gasteiger partial charge on any atom is -0.378 e. The molecule has 0 aromatic heterocycles. The van der Waals surface area contributed by atoms with E-state index in [1.54, 1.807) is 12.1 Å². The highest BCUT2D eigenvalue weighted by Crippen LogP contribution is 2.50. The molecule has 0 saturated carbocycles. The smallest absolute Gasteiger partial charge is 0.123 e. The van der Waals surface area contributed by atoms with E-state index in [0.717, 1.165) is 17.7 Å². The third kappa shape index (κ3) is 3.35. The van der Waals surface area contributed by atoms with Crippen molar-refractivity contribution < 1.29 is 4.39 Å². The van der Waals surface area contributed by atoms with Gasteiger partial charge < -0.3 is 5.32 Å². The van der Waals surface area contributed by atoms with Crippen molar-refractivity contribution in [3.63, 3.8) is 0 Å². The number of nitrogens with one attached hydrogen (secondary N) is 1. The maximum Gasteiger partial charge on any atom is 0.123 e. The van der Waals surface area contributed by atoms with Gasteiger partial charge in [0, 0.05) is 22.3 Å². The molecule has 3 aromatic carbocycles. The molecule has 3 heteroatoms. The minimum absolute atomic E-state index is 0.179. The van der Waals surface area contributed by atoms with E-state index in [2.05, 4.69) is 66.0 Å². The Bertz CT molecular complexity index is 997. The molecule has 1 aliphatic carbocycles. The van der Waals surface area contributed by atoms with Crippen LogP contribution in [0.15, 0.2) is 89.8 Å². The van der Waals surface area contributed by atoms with Crippen molar-refractivity contribution in [1.29, 1.82) is 0 Å². The number of benzene rings is 3. The summed E-state index contributed by atoms with van der Waals surface area (Å²) in [7, 11) is 0. The van der Waals surface area contributed by atoms with Gasteiger partial charge in [0.05, 0.1) is 6.04 Å². The van der Waals surface area contributed by atoms with Crippen molar-refractivity contribution in [3.8, 4) is 0 Å². The molecule has 1 N–H and O–H groups in total. The van der Waals surface area contributed by atoms with Gasteiger partial charge in [-0.25, -0.2) is 4.39 Å². The SMILES string of the molecule is Fc1ccc([C@@H]2Nc3ccc(CSc4ccccc4)cc3[C@H]3C=CC[C@H]32)cc1. The van der Waals surface area contributed by atoms with Crippen molar-refractivity contribution in [2.24, 2.45) is 5.92 Å². The average molecular weight is 388 g/mol. The number of thioether (sulfide) groups is 1. The molecule has 0 fully saturated rings. The lowest BCUT2D eigenvalue weighted by atomic mass is 9.76. The Hall–Kier alpha value is -2.52. The van der Waals surface area contributed by atoms with Gasteiger partial charge in [0.1, 0.15) is 5.82 Å². The quantitative estimate of drug-likeness (QED) is 0.384. The molecule has 1 nitrogen and oxygen atoms in total. The first-order valence-electron chi connectivity index (χ1n) is 9.77. The Morgan fingerprint density at radius 1 is 0.964 bits per heavy atom. The number of anilines is 1. The van der Waals surface area contributed by atoms with Gasteiger partial charge >= 0.3 is 0 Å². The fourth-order valence-corrected chi connectivity index (χ4v) is 5.28. The molecule has 1 heterocycles. The Labute approximate surface area is 169 Å². The predicted octanol–water partition coefficient (Wildman–Crippen LogP) is 6.94. The van der Waals surface area contributed by atoms with Gasteiger partial charge in [-0.3, -0.25) is 0 Å². The van der Waals surface area contributed by atoms with E-state index in [4.69, 9.17) is 0 Å². The lowest BCUT2D eigenvalue weighted by Crippen LogP contribution is -2.29. The Morgan fingerprint density at radius 3 is 2.61 bits per heavy atom. The summed E-state index contributed by atoms with van der Waals surface area (Å²) < 4.78 is 13.4. The van der Waals surface area contributed by atoms with Crippen LogP contribution in [0.3, 0.4) is 0 Å². The number of rotatable bonds is 4. The summed E-state index contributed by atoms with van der Waals surface area (Å²) in [5, 5.41) is 3.74. The van der Waals surface area contributed by atoms with Crippen LogP contribution in [0.4, 0.5) is 10.1 Å². The van der Waals surface area contributed by atoms with Crippen LogP contribution in [0.25, 0.3) is 0 Å². The zero-order valence-electron chi connectivity index (χ0n) is 15.5. The van der Waals surface area contributed by atoms with Crippen molar-refractivity contribution >= 4 is 17.4 Å². The van der Waals surface area contributed by atoms with Crippen molar-refractivity contribution in [1.82, 2.24) is 0 Å². The van der Waals surface area contributed by atoms with Crippen molar-refractivity contribution in [3.05, 3.63) is 107 Å². The fourth-order valence-electron chi connectivity index (χ4n) is 4.42. The van der Waals surface area contributed by atoms with Crippen LogP contribution in [-0.2, 0) is 5.75 Å². The lowest BCUT2D eigenvalue weighted by molar-refractivity contribution is 0.425. The molecular weight excluding hydrogens is 365 g/mol. The molecule has 0 saturated heterocycles. The Morgan fingerprint density at radius 2 is 1.79 bits per heavy atom. The predicted molar refractivity (Wildman–Crippen MR) is 115 cm³/mol. The molecule has 5 rings (SSSR count). The first-order valence-corrected chi connectivity index (χ1v) is 10.8. The summed E-state index contributed by atoms with van der Waals surface area (Å²) >= 11 is 1.87. The highest BCUT2D eigenvalue weighted by molar-refractivity contribution is 7.98. The zero-order valence-corrected chi connectivity index (χ0v) is 16.3. The van der Waals surface area contributed by atoms with Gasteiger partial charge in [-0.2, -0.15) is 0 Å². The number of halogens is 1. The standard InChI is InChI=1S/C25H22FNS/c26-19-12-10-18(11-13-19)25-22-8-4-7-21(22)23-15-17(9-14-24(23)27-25)16-28-20-5-2-1-3-6-20/h1-7,9-15,21-22,25,27H,8,16H2/t21-,22+,25-/m0/s1. The number of hydrogen-bond acceptors (Lipinski definition) is 2. The molecule has 140 valence electrons. The average Bonchev–Trinajstić information content (AvgIpc) is 3.23. The molecule has 3 atom stereocenters. The number of hydrogen-bond donors (Lipinski definition) is 1. The normalized spacial score (nSPS) is 22.4. The van der Waals surface area contributed by atoms with Gasteiger partial charge in [-0.05, 0) is 59.4 Å².